The van der Waals surface area contributed by atoms with Gasteiger partial charge in [-0.05, 0) is 25.8 Å². The summed E-state index contributed by atoms with van der Waals surface area (Å²) in [6.45, 7) is 0. The van der Waals surface area contributed by atoms with E-state index in [0.717, 1.165) is 6.20 Å². The van der Waals surface area contributed by atoms with Crippen LogP contribution in [-0.4, -0.2) is 16.2 Å². The summed E-state index contributed by atoms with van der Waals surface area (Å²) in [5.41, 5.74) is 0.292. The van der Waals surface area contributed by atoms with Crippen molar-refractivity contribution in [1.82, 2.24) is 4.98 Å². The summed E-state index contributed by atoms with van der Waals surface area (Å²) < 4.78 is 0.374. The molecule has 0 amide bonds. The third kappa shape index (κ3) is 1.65. The summed E-state index contributed by atoms with van der Waals surface area (Å²) in [6.07, 6.45) is 1.72. The Balaban J connectivity index is 3.18. The van der Waals surface area contributed by atoms with Gasteiger partial charge in [0.05, 0.1) is 11.6 Å². The van der Waals surface area contributed by atoms with Crippen molar-refractivity contribution in [3.05, 3.63) is 32.4 Å². The number of carbonyl (C=O) groups is 1. The molecule has 0 aliphatic heterocycles. The highest BCUT2D eigenvalue weighted by Crippen LogP contribution is 2.18. The van der Waals surface area contributed by atoms with Crippen molar-refractivity contribution in [2.24, 2.45) is 0 Å². The van der Waals surface area contributed by atoms with Gasteiger partial charge in [-0.3, -0.25) is 4.79 Å². The predicted molar refractivity (Wildman–Crippen MR) is 44.0 cm³/mol. The number of aldehydes is 1. The summed E-state index contributed by atoms with van der Waals surface area (Å²) in [4.78, 5) is 23.3. The van der Waals surface area contributed by atoms with Gasteiger partial charge in [0.2, 0.25) is 0 Å². The van der Waals surface area contributed by atoms with Crippen LogP contribution in [0.5, 0.6) is 0 Å². The fourth-order valence-corrected chi connectivity index (χ4v) is 1.02. The molecule has 1 rings (SSSR count). The average molecular weight is 231 g/mol. The number of aromatic nitrogens is 1. The Labute approximate surface area is 75.7 Å². The van der Waals surface area contributed by atoms with Gasteiger partial charge in [-0.2, -0.15) is 0 Å². The molecule has 12 heavy (non-hydrogen) atoms. The smallest absolute Gasteiger partial charge is 0.358 e. The van der Waals surface area contributed by atoms with Crippen molar-refractivity contribution >= 4 is 28.0 Å². The Morgan fingerprint density at radius 3 is 2.75 bits per heavy atom. The number of nitrogens with zero attached hydrogens (tertiary/aromatic N) is 2. The van der Waals surface area contributed by atoms with E-state index in [0.29, 0.717) is 16.3 Å². The summed E-state index contributed by atoms with van der Waals surface area (Å²) >= 11 is 3.00. The van der Waals surface area contributed by atoms with Crippen LogP contribution in [0.15, 0.2) is 16.7 Å². The molecule has 1 aromatic heterocycles. The molecular weight excluding hydrogens is 228 g/mol. The van der Waals surface area contributed by atoms with Crippen LogP contribution in [0, 0.1) is 10.1 Å². The van der Waals surface area contributed by atoms with Crippen LogP contribution in [-0.2, 0) is 0 Å². The first-order valence-electron chi connectivity index (χ1n) is 2.90. The highest BCUT2D eigenvalue weighted by atomic mass is 79.9. The minimum Gasteiger partial charge on any atom is -0.358 e. The van der Waals surface area contributed by atoms with Gasteiger partial charge in [-0.15, -0.1) is 0 Å². The second-order valence-electron chi connectivity index (χ2n) is 1.94. The SMILES string of the molecule is O=Cc1cnc([N+](=O)[O-])cc1Br. The van der Waals surface area contributed by atoms with E-state index in [2.05, 4.69) is 20.9 Å². The number of carbonyl (C=O) groups excluding carboxylic acids is 1. The lowest BCUT2D eigenvalue weighted by Crippen LogP contribution is -1.93. The topological polar surface area (TPSA) is 73.1 Å². The van der Waals surface area contributed by atoms with Crippen molar-refractivity contribution in [1.29, 1.82) is 0 Å². The largest absolute Gasteiger partial charge is 0.364 e. The fraction of sp³-hybridized carbons (Fsp3) is 0. The van der Waals surface area contributed by atoms with Gasteiger partial charge in [0, 0.05) is 4.47 Å². The fourth-order valence-electron chi connectivity index (χ4n) is 0.618. The summed E-state index contributed by atoms with van der Waals surface area (Å²) in [7, 11) is 0. The lowest BCUT2D eigenvalue weighted by Gasteiger charge is -1.93. The Morgan fingerprint density at radius 2 is 2.33 bits per heavy atom. The Bertz CT molecular complexity index is 340. The maximum Gasteiger partial charge on any atom is 0.364 e. The van der Waals surface area contributed by atoms with E-state index in [4.69, 9.17) is 0 Å². The Hall–Kier alpha value is -1.30. The molecule has 0 fully saturated rings. The van der Waals surface area contributed by atoms with Gasteiger partial charge in [0.25, 0.3) is 0 Å². The first-order valence-corrected chi connectivity index (χ1v) is 3.69. The molecule has 62 valence electrons. The maximum absolute atomic E-state index is 10.3. The number of hydrogen-bond donors (Lipinski definition) is 0. The number of pyridine rings is 1. The molecule has 5 nitrogen and oxygen atoms in total. The Morgan fingerprint density at radius 1 is 1.67 bits per heavy atom. The number of rotatable bonds is 2. The molecule has 1 heterocycles. The summed E-state index contributed by atoms with van der Waals surface area (Å²) in [5.74, 6) is -0.285. The molecule has 0 aliphatic carbocycles. The Kier molecular flexibility index (Phi) is 2.49. The van der Waals surface area contributed by atoms with Crippen LogP contribution >= 0.6 is 15.9 Å². The van der Waals surface area contributed by atoms with Gasteiger partial charge >= 0.3 is 5.82 Å². The van der Waals surface area contributed by atoms with E-state index in [-0.39, 0.29) is 5.82 Å². The first kappa shape index (κ1) is 8.79. The zero-order chi connectivity index (χ0) is 9.14. The van der Waals surface area contributed by atoms with Gasteiger partial charge in [-0.25, -0.2) is 0 Å². The molecule has 0 bridgehead atoms. The van der Waals surface area contributed by atoms with Crippen molar-refractivity contribution in [3.8, 4) is 0 Å². The van der Waals surface area contributed by atoms with Crippen LogP contribution in [0.2, 0.25) is 0 Å². The van der Waals surface area contributed by atoms with Gasteiger partial charge < -0.3 is 10.1 Å². The van der Waals surface area contributed by atoms with Crippen LogP contribution < -0.4 is 0 Å². The number of halogens is 1. The van der Waals surface area contributed by atoms with Gasteiger partial charge in [0.15, 0.2) is 12.5 Å². The lowest BCUT2D eigenvalue weighted by molar-refractivity contribution is -0.389. The van der Waals surface area contributed by atoms with Crippen LogP contribution in [0.4, 0.5) is 5.82 Å². The maximum atomic E-state index is 10.3. The molecule has 0 atom stereocenters. The molecule has 6 heteroatoms. The average Bonchev–Trinajstić information content (AvgIpc) is 2.04. The molecule has 0 unspecified atom stereocenters. The normalized spacial score (nSPS) is 9.42. The summed E-state index contributed by atoms with van der Waals surface area (Å²) in [6, 6.07) is 1.18. The lowest BCUT2D eigenvalue weighted by atomic mass is 10.3. The van der Waals surface area contributed by atoms with E-state index in [1.807, 2.05) is 0 Å². The van der Waals surface area contributed by atoms with Crippen LogP contribution in [0.1, 0.15) is 10.4 Å². The quantitative estimate of drug-likeness (QED) is 0.439. The summed E-state index contributed by atoms with van der Waals surface area (Å²) in [5, 5.41) is 10.2. The molecule has 0 saturated heterocycles. The van der Waals surface area contributed by atoms with Crippen LogP contribution in [0.25, 0.3) is 0 Å². The molecule has 0 saturated carbocycles. The zero-order valence-corrected chi connectivity index (χ0v) is 7.32. The first-order chi connectivity index (χ1) is 5.65. The van der Waals surface area contributed by atoms with E-state index >= 15 is 0 Å². The van der Waals surface area contributed by atoms with Crippen molar-refractivity contribution in [3.63, 3.8) is 0 Å². The van der Waals surface area contributed by atoms with E-state index in [1.165, 1.54) is 6.07 Å². The molecule has 0 aliphatic rings. The van der Waals surface area contributed by atoms with Crippen molar-refractivity contribution in [2.45, 2.75) is 0 Å². The highest BCUT2D eigenvalue weighted by molar-refractivity contribution is 9.10. The van der Waals surface area contributed by atoms with E-state index in [1.54, 1.807) is 0 Å². The standard InChI is InChI=1S/C6H3BrN2O3/c7-5-1-6(9(11)12)8-2-4(5)3-10/h1-3H. The highest BCUT2D eigenvalue weighted by Gasteiger charge is 2.10. The third-order valence-electron chi connectivity index (χ3n) is 1.18. The van der Waals surface area contributed by atoms with E-state index in [9.17, 15) is 14.9 Å². The van der Waals surface area contributed by atoms with E-state index < -0.39 is 4.92 Å². The number of hydrogen-bond acceptors (Lipinski definition) is 4. The van der Waals surface area contributed by atoms with Crippen molar-refractivity contribution < 1.29 is 9.72 Å². The molecule has 1 aromatic rings. The molecule has 0 N–H and O–H groups in total. The molecular formula is C6H3BrN2O3. The van der Waals surface area contributed by atoms with Gasteiger partial charge in [-0.1, -0.05) is 0 Å². The molecule has 0 aromatic carbocycles. The zero-order valence-electron chi connectivity index (χ0n) is 5.73. The number of nitro groups is 1. The molecule has 0 radical (unpaired) electrons. The minimum absolute atomic E-state index is 0.285. The minimum atomic E-state index is -0.626. The third-order valence-corrected chi connectivity index (χ3v) is 1.87. The predicted octanol–water partition coefficient (Wildman–Crippen LogP) is 1.56. The van der Waals surface area contributed by atoms with Crippen molar-refractivity contribution in [2.75, 3.05) is 0 Å². The second-order valence-corrected chi connectivity index (χ2v) is 2.79. The van der Waals surface area contributed by atoms with Crippen LogP contribution in [0.3, 0.4) is 0 Å². The second kappa shape index (κ2) is 3.40. The molecule has 0 spiro atoms. The van der Waals surface area contributed by atoms with Gasteiger partial charge in [0.1, 0.15) is 0 Å². The monoisotopic (exact) mass is 230 g/mol.